The average Bonchev–Trinajstić information content (AvgIpc) is 2.28. The van der Waals surface area contributed by atoms with Gasteiger partial charge in [-0.15, -0.1) is 0 Å². The molecule has 7 heteroatoms. The van der Waals surface area contributed by atoms with E-state index in [0.29, 0.717) is 18.0 Å². The molecule has 1 aromatic heterocycles. The molecule has 0 saturated heterocycles. The van der Waals surface area contributed by atoms with Gasteiger partial charge in [0.15, 0.2) is 0 Å². The van der Waals surface area contributed by atoms with E-state index >= 15 is 0 Å². The fourth-order valence-electron chi connectivity index (χ4n) is 1.37. The molecule has 1 atom stereocenters. The zero-order chi connectivity index (χ0) is 13.7. The molecule has 0 aliphatic heterocycles. The zero-order valence-corrected chi connectivity index (χ0v) is 10.5. The summed E-state index contributed by atoms with van der Waals surface area (Å²) in [5.74, 6) is 0.00830. The van der Waals surface area contributed by atoms with Gasteiger partial charge in [0.25, 0.3) is 5.69 Å². The smallest absolute Gasteiger partial charge is 0.328 e. The lowest BCUT2D eigenvalue weighted by Crippen LogP contribution is -2.28. The number of aromatic nitrogens is 1. The Kier molecular flexibility index (Phi) is 4.59. The highest BCUT2D eigenvalue weighted by molar-refractivity contribution is 5.78. The Hall–Kier alpha value is -2.18. The van der Waals surface area contributed by atoms with Crippen molar-refractivity contribution in [2.24, 2.45) is 0 Å². The van der Waals surface area contributed by atoms with Crippen molar-refractivity contribution in [3.8, 4) is 0 Å². The first-order valence-corrected chi connectivity index (χ1v) is 5.50. The highest BCUT2D eigenvalue weighted by Crippen LogP contribution is 2.19. The van der Waals surface area contributed by atoms with Crippen molar-refractivity contribution in [3.63, 3.8) is 0 Å². The van der Waals surface area contributed by atoms with Gasteiger partial charge in [-0.2, -0.15) is 0 Å². The third-order valence-electron chi connectivity index (χ3n) is 2.28. The highest BCUT2D eigenvalue weighted by Gasteiger charge is 2.16. The number of nitrogens with zero attached hydrogens (tertiary/aromatic N) is 2. The predicted molar refractivity (Wildman–Crippen MR) is 65.3 cm³/mol. The van der Waals surface area contributed by atoms with Gasteiger partial charge in [-0.3, -0.25) is 10.1 Å². The summed E-state index contributed by atoms with van der Waals surface area (Å²) in [5.41, 5.74) is 0.429. The number of aryl methyl sites for hydroxylation is 1. The van der Waals surface area contributed by atoms with Gasteiger partial charge < -0.3 is 10.1 Å². The molecule has 0 bridgehead atoms. The molecule has 1 unspecified atom stereocenters. The van der Waals surface area contributed by atoms with Gasteiger partial charge in [-0.05, 0) is 26.8 Å². The quantitative estimate of drug-likeness (QED) is 0.487. The number of carbonyl (C=O) groups is 1. The van der Waals surface area contributed by atoms with Crippen LogP contribution in [0.4, 0.5) is 11.5 Å². The molecule has 1 aromatic rings. The van der Waals surface area contributed by atoms with E-state index in [1.54, 1.807) is 20.8 Å². The number of carbonyl (C=O) groups excluding carboxylic acids is 1. The van der Waals surface area contributed by atoms with Gasteiger partial charge >= 0.3 is 5.97 Å². The Bertz CT molecular complexity index is 462. The number of rotatable bonds is 5. The van der Waals surface area contributed by atoms with Crippen LogP contribution >= 0.6 is 0 Å². The maximum atomic E-state index is 11.4. The van der Waals surface area contributed by atoms with Crippen LogP contribution in [0.1, 0.15) is 19.4 Å². The van der Waals surface area contributed by atoms with E-state index in [1.165, 1.54) is 6.07 Å². The monoisotopic (exact) mass is 253 g/mol. The normalized spacial score (nSPS) is 11.7. The largest absolute Gasteiger partial charge is 0.464 e. The molecule has 0 saturated carbocycles. The maximum Gasteiger partial charge on any atom is 0.328 e. The zero-order valence-electron chi connectivity index (χ0n) is 10.5. The number of nitro groups is 1. The van der Waals surface area contributed by atoms with Crippen molar-refractivity contribution in [2.75, 3.05) is 11.9 Å². The van der Waals surface area contributed by atoms with E-state index in [2.05, 4.69) is 10.3 Å². The maximum absolute atomic E-state index is 11.4. The van der Waals surface area contributed by atoms with E-state index < -0.39 is 16.9 Å². The number of ether oxygens (including phenoxy) is 1. The number of anilines is 1. The van der Waals surface area contributed by atoms with Crippen LogP contribution in [-0.2, 0) is 9.53 Å². The Morgan fingerprint density at radius 2 is 2.33 bits per heavy atom. The van der Waals surface area contributed by atoms with Crippen molar-refractivity contribution in [1.82, 2.24) is 4.98 Å². The molecule has 18 heavy (non-hydrogen) atoms. The SMILES string of the molecule is CCOC(=O)C(C)Nc1cc(C)c([N+](=O)[O-])cn1. The Morgan fingerprint density at radius 3 is 2.83 bits per heavy atom. The van der Waals surface area contributed by atoms with Crippen LogP contribution in [0.15, 0.2) is 12.3 Å². The van der Waals surface area contributed by atoms with E-state index in [4.69, 9.17) is 4.74 Å². The van der Waals surface area contributed by atoms with Crippen LogP contribution in [0.3, 0.4) is 0 Å². The van der Waals surface area contributed by atoms with Crippen molar-refractivity contribution < 1.29 is 14.5 Å². The van der Waals surface area contributed by atoms with E-state index in [-0.39, 0.29) is 5.69 Å². The molecule has 1 heterocycles. The lowest BCUT2D eigenvalue weighted by atomic mass is 10.2. The average molecular weight is 253 g/mol. The number of esters is 1. The molecular formula is C11H15N3O4. The summed E-state index contributed by atoms with van der Waals surface area (Å²) in [6.45, 7) is 5.27. The summed E-state index contributed by atoms with van der Waals surface area (Å²) in [6.07, 6.45) is 1.16. The molecule has 0 fully saturated rings. The minimum atomic E-state index is -0.557. The summed E-state index contributed by atoms with van der Waals surface area (Å²) < 4.78 is 4.83. The van der Waals surface area contributed by atoms with Crippen LogP contribution in [0.2, 0.25) is 0 Å². The van der Waals surface area contributed by atoms with Crippen LogP contribution in [0.25, 0.3) is 0 Å². The molecule has 98 valence electrons. The van der Waals surface area contributed by atoms with Gasteiger partial charge in [0.2, 0.25) is 0 Å². The number of nitrogens with one attached hydrogen (secondary N) is 1. The molecule has 0 aromatic carbocycles. The first kappa shape index (κ1) is 13.9. The third kappa shape index (κ3) is 3.41. The first-order valence-electron chi connectivity index (χ1n) is 5.50. The lowest BCUT2D eigenvalue weighted by Gasteiger charge is -2.13. The summed E-state index contributed by atoms with van der Waals surface area (Å²) in [7, 11) is 0. The van der Waals surface area contributed by atoms with Gasteiger partial charge in [-0.1, -0.05) is 0 Å². The molecule has 0 spiro atoms. The molecule has 1 rings (SSSR count). The number of pyridine rings is 1. The second-order valence-corrected chi connectivity index (χ2v) is 3.73. The van der Waals surface area contributed by atoms with Crippen LogP contribution in [0, 0.1) is 17.0 Å². The van der Waals surface area contributed by atoms with Gasteiger partial charge in [-0.25, -0.2) is 9.78 Å². The van der Waals surface area contributed by atoms with E-state index in [1.807, 2.05) is 0 Å². The van der Waals surface area contributed by atoms with E-state index in [0.717, 1.165) is 6.20 Å². The molecule has 7 nitrogen and oxygen atoms in total. The first-order chi connectivity index (χ1) is 8.45. The van der Waals surface area contributed by atoms with Crippen LogP contribution in [-0.4, -0.2) is 28.5 Å². The Labute approximate surface area is 104 Å². The lowest BCUT2D eigenvalue weighted by molar-refractivity contribution is -0.385. The summed E-state index contributed by atoms with van der Waals surface area (Å²) in [5, 5.41) is 13.4. The van der Waals surface area contributed by atoms with Gasteiger partial charge in [0, 0.05) is 5.56 Å². The summed E-state index contributed by atoms with van der Waals surface area (Å²) >= 11 is 0. The summed E-state index contributed by atoms with van der Waals surface area (Å²) in [6, 6.07) is 0.965. The minimum Gasteiger partial charge on any atom is -0.464 e. The standard InChI is InChI=1S/C11H15N3O4/c1-4-18-11(15)8(3)13-10-5-7(2)9(6-12-10)14(16)17/h5-6,8H,4H2,1-3H3,(H,12,13). The minimum absolute atomic E-state index is 0.0515. The fraction of sp³-hybridized carbons (Fsp3) is 0.455. The van der Waals surface area contributed by atoms with Crippen molar-refractivity contribution >= 4 is 17.5 Å². The second-order valence-electron chi connectivity index (χ2n) is 3.73. The van der Waals surface area contributed by atoms with Crippen molar-refractivity contribution in [2.45, 2.75) is 26.8 Å². The fourth-order valence-corrected chi connectivity index (χ4v) is 1.37. The van der Waals surface area contributed by atoms with Crippen LogP contribution < -0.4 is 5.32 Å². The molecule has 0 amide bonds. The molecule has 0 aliphatic rings. The second kappa shape index (κ2) is 5.95. The topological polar surface area (TPSA) is 94.4 Å². The molecule has 1 N–H and O–H groups in total. The van der Waals surface area contributed by atoms with Gasteiger partial charge in [0.05, 0.1) is 11.5 Å². The third-order valence-corrected chi connectivity index (χ3v) is 2.28. The molecule has 0 aliphatic carbocycles. The van der Waals surface area contributed by atoms with E-state index in [9.17, 15) is 14.9 Å². The van der Waals surface area contributed by atoms with Gasteiger partial charge in [0.1, 0.15) is 18.1 Å². The number of hydrogen-bond acceptors (Lipinski definition) is 6. The molecule has 0 radical (unpaired) electrons. The van der Waals surface area contributed by atoms with Crippen molar-refractivity contribution in [3.05, 3.63) is 27.9 Å². The van der Waals surface area contributed by atoms with Crippen molar-refractivity contribution in [1.29, 1.82) is 0 Å². The Morgan fingerprint density at radius 1 is 1.67 bits per heavy atom. The van der Waals surface area contributed by atoms with Crippen LogP contribution in [0.5, 0.6) is 0 Å². The predicted octanol–water partition coefficient (Wildman–Crippen LogP) is 1.66. The Balaban J connectivity index is 2.77. The summed E-state index contributed by atoms with van der Waals surface area (Å²) in [4.78, 5) is 25.4. The highest BCUT2D eigenvalue weighted by atomic mass is 16.6. The molecular weight excluding hydrogens is 238 g/mol. The number of hydrogen-bond donors (Lipinski definition) is 1.